The number of hydrogen-bond acceptors (Lipinski definition) is 2. The molecule has 0 radical (unpaired) electrons. The molecule has 2 unspecified atom stereocenters. The van der Waals surface area contributed by atoms with Crippen molar-refractivity contribution in [2.45, 2.75) is 19.4 Å². The van der Waals surface area contributed by atoms with E-state index >= 15 is 0 Å². The van der Waals surface area contributed by atoms with Gasteiger partial charge in [-0.3, -0.25) is 9.69 Å². The van der Waals surface area contributed by atoms with Crippen LogP contribution in [0.2, 0.25) is 10.0 Å². The number of benzene rings is 1. The fourth-order valence-electron chi connectivity index (χ4n) is 2.38. The molecule has 1 saturated heterocycles. The number of carboxylic acids is 1. The van der Waals surface area contributed by atoms with Gasteiger partial charge in [0.25, 0.3) is 0 Å². The molecule has 1 aromatic rings. The maximum atomic E-state index is 10.9. The van der Waals surface area contributed by atoms with E-state index < -0.39 is 5.97 Å². The smallest absolute Gasteiger partial charge is 0.307 e. The summed E-state index contributed by atoms with van der Waals surface area (Å²) in [5, 5.41) is 10.2. The van der Waals surface area contributed by atoms with Crippen molar-refractivity contribution in [1.29, 1.82) is 0 Å². The molecule has 1 aromatic carbocycles. The van der Waals surface area contributed by atoms with Gasteiger partial charge < -0.3 is 5.11 Å². The first-order valence-electron chi connectivity index (χ1n) is 5.91. The second kappa shape index (κ2) is 5.47. The summed E-state index contributed by atoms with van der Waals surface area (Å²) in [5.74, 6) is -0.981. The van der Waals surface area contributed by atoms with Gasteiger partial charge in [0, 0.05) is 22.6 Å². The molecule has 3 nitrogen and oxygen atoms in total. The summed E-state index contributed by atoms with van der Waals surface area (Å²) < 4.78 is 0. The lowest BCUT2D eigenvalue weighted by Gasteiger charge is -2.25. The predicted octanol–water partition coefficient (Wildman–Crippen LogP) is 3.46. The fourth-order valence-corrected chi connectivity index (χ4v) is 2.94. The maximum Gasteiger partial charge on any atom is 0.307 e. The molecular formula is C13H15Cl2NO2. The van der Waals surface area contributed by atoms with Crippen LogP contribution in [-0.4, -0.2) is 29.1 Å². The van der Waals surface area contributed by atoms with Crippen molar-refractivity contribution in [2.24, 2.45) is 5.92 Å². The van der Waals surface area contributed by atoms with Gasteiger partial charge in [-0.05, 0) is 37.6 Å². The largest absolute Gasteiger partial charge is 0.481 e. The van der Waals surface area contributed by atoms with Crippen LogP contribution >= 0.6 is 23.2 Å². The number of hydrogen-bond donors (Lipinski definition) is 1. The van der Waals surface area contributed by atoms with Crippen LogP contribution in [0.4, 0.5) is 0 Å². The summed E-state index contributed by atoms with van der Waals surface area (Å²) in [6, 6.07) is 5.55. The Morgan fingerprint density at radius 1 is 1.50 bits per heavy atom. The highest BCUT2D eigenvalue weighted by atomic mass is 35.5. The molecule has 18 heavy (non-hydrogen) atoms. The van der Waals surface area contributed by atoms with Crippen LogP contribution in [0.15, 0.2) is 18.2 Å². The van der Waals surface area contributed by atoms with E-state index in [1.54, 1.807) is 6.07 Å². The lowest BCUT2D eigenvalue weighted by molar-refractivity contribution is -0.141. The van der Waals surface area contributed by atoms with Crippen molar-refractivity contribution in [1.82, 2.24) is 4.90 Å². The van der Waals surface area contributed by atoms with Gasteiger partial charge in [-0.2, -0.15) is 0 Å². The van der Waals surface area contributed by atoms with Crippen LogP contribution in [0.5, 0.6) is 0 Å². The Bertz CT molecular complexity index is 464. The number of carboxylic acid groups (broad SMARTS) is 1. The molecule has 0 spiro atoms. The molecule has 0 aromatic heterocycles. The molecule has 1 fully saturated rings. The molecule has 2 atom stereocenters. The molecule has 2 rings (SSSR count). The van der Waals surface area contributed by atoms with Crippen LogP contribution in [0, 0.1) is 5.92 Å². The maximum absolute atomic E-state index is 10.9. The first-order valence-corrected chi connectivity index (χ1v) is 6.66. The van der Waals surface area contributed by atoms with E-state index in [2.05, 4.69) is 4.90 Å². The van der Waals surface area contributed by atoms with Crippen LogP contribution in [0.1, 0.15) is 24.9 Å². The van der Waals surface area contributed by atoms with Gasteiger partial charge in [-0.15, -0.1) is 0 Å². The van der Waals surface area contributed by atoms with Crippen molar-refractivity contribution >= 4 is 29.2 Å². The third-order valence-corrected chi connectivity index (χ3v) is 4.09. The van der Waals surface area contributed by atoms with Gasteiger partial charge in [-0.25, -0.2) is 0 Å². The Labute approximate surface area is 116 Å². The summed E-state index contributed by atoms with van der Waals surface area (Å²) in [5.41, 5.74) is 0.993. The van der Waals surface area contributed by atoms with E-state index in [1.807, 2.05) is 19.1 Å². The molecule has 5 heteroatoms. The Hall–Kier alpha value is -0.770. The minimum Gasteiger partial charge on any atom is -0.481 e. The SMILES string of the molecule is CC(c1ccc(Cl)cc1Cl)N1CCC(C(=O)O)C1. The van der Waals surface area contributed by atoms with E-state index in [0.29, 0.717) is 23.0 Å². The Morgan fingerprint density at radius 2 is 2.22 bits per heavy atom. The molecular weight excluding hydrogens is 273 g/mol. The van der Waals surface area contributed by atoms with Crippen molar-refractivity contribution < 1.29 is 9.90 Å². The molecule has 1 aliphatic rings. The average Bonchev–Trinajstić information content (AvgIpc) is 2.77. The highest BCUT2D eigenvalue weighted by Crippen LogP contribution is 2.32. The first-order chi connectivity index (χ1) is 8.49. The van der Waals surface area contributed by atoms with Crippen molar-refractivity contribution in [3.8, 4) is 0 Å². The van der Waals surface area contributed by atoms with E-state index in [1.165, 1.54) is 0 Å². The molecule has 0 saturated carbocycles. The third kappa shape index (κ3) is 2.79. The first kappa shape index (κ1) is 13.7. The zero-order chi connectivity index (χ0) is 13.3. The quantitative estimate of drug-likeness (QED) is 0.926. The van der Waals surface area contributed by atoms with Crippen LogP contribution in [0.25, 0.3) is 0 Å². The summed E-state index contributed by atoms with van der Waals surface area (Å²) in [7, 11) is 0. The van der Waals surface area contributed by atoms with E-state index in [4.69, 9.17) is 28.3 Å². The number of halogens is 2. The van der Waals surface area contributed by atoms with Crippen LogP contribution in [-0.2, 0) is 4.79 Å². The summed E-state index contributed by atoms with van der Waals surface area (Å²) in [6.07, 6.45) is 0.699. The van der Waals surface area contributed by atoms with E-state index in [-0.39, 0.29) is 12.0 Å². The number of carbonyl (C=O) groups is 1. The highest BCUT2D eigenvalue weighted by molar-refractivity contribution is 6.35. The fraction of sp³-hybridized carbons (Fsp3) is 0.462. The van der Waals surface area contributed by atoms with Gasteiger partial charge >= 0.3 is 5.97 Å². The molecule has 1 aliphatic heterocycles. The molecule has 0 aliphatic carbocycles. The topological polar surface area (TPSA) is 40.5 Å². The van der Waals surface area contributed by atoms with E-state index in [0.717, 1.165) is 12.1 Å². The molecule has 98 valence electrons. The lowest BCUT2D eigenvalue weighted by atomic mass is 10.1. The second-order valence-electron chi connectivity index (χ2n) is 4.66. The van der Waals surface area contributed by atoms with Gasteiger partial charge in [0.2, 0.25) is 0 Å². The van der Waals surface area contributed by atoms with Crippen molar-refractivity contribution in [3.63, 3.8) is 0 Å². The summed E-state index contributed by atoms with van der Waals surface area (Å²) in [4.78, 5) is 13.1. The summed E-state index contributed by atoms with van der Waals surface area (Å²) >= 11 is 12.0. The number of nitrogens with zero attached hydrogens (tertiary/aromatic N) is 1. The molecule has 1 N–H and O–H groups in total. The second-order valence-corrected chi connectivity index (χ2v) is 5.50. The molecule has 0 amide bonds. The molecule has 0 bridgehead atoms. The third-order valence-electron chi connectivity index (χ3n) is 3.53. The number of rotatable bonds is 3. The van der Waals surface area contributed by atoms with Crippen molar-refractivity contribution in [2.75, 3.05) is 13.1 Å². The van der Waals surface area contributed by atoms with Gasteiger partial charge in [0.1, 0.15) is 0 Å². The van der Waals surface area contributed by atoms with Crippen LogP contribution in [0.3, 0.4) is 0 Å². The Balaban J connectivity index is 2.12. The average molecular weight is 288 g/mol. The molecule has 1 heterocycles. The standard InChI is InChI=1S/C13H15Cl2NO2/c1-8(11-3-2-10(14)6-12(11)15)16-5-4-9(7-16)13(17)18/h2-3,6,8-9H,4-5,7H2,1H3,(H,17,18). The van der Waals surface area contributed by atoms with E-state index in [9.17, 15) is 4.79 Å². The minimum atomic E-state index is -0.716. The van der Waals surface area contributed by atoms with Gasteiger partial charge in [0.05, 0.1) is 5.92 Å². The normalized spacial score (nSPS) is 22.1. The highest BCUT2D eigenvalue weighted by Gasteiger charge is 2.31. The monoisotopic (exact) mass is 287 g/mol. The lowest BCUT2D eigenvalue weighted by Crippen LogP contribution is -2.26. The van der Waals surface area contributed by atoms with Crippen molar-refractivity contribution in [3.05, 3.63) is 33.8 Å². The minimum absolute atomic E-state index is 0.110. The predicted molar refractivity (Wildman–Crippen MR) is 72.2 cm³/mol. The summed E-state index contributed by atoms with van der Waals surface area (Å²) in [6.45, 7) is 3.41. The van der Waals surface area contributed by atoms with Crippen LogP contribution < -0.4 is 0 Å². The Kier molecular flexibility index (Phi) is 4.15. The number of aliphatic carboxylic acids is 1. The number of likely N-dealkylation sites (tertiary alicyclic amines) is 1. The van der Waals surface area contributed by atoms with Gasteiger partial charge in [0.15, 0.2) is 0 Å². The zero-order valence-electron chi connectivity index (χ0n) is 10.1. The Morgan fingerprint density at radius 3 is 2.78 bits per heavy atom. The zero-order valence-corrected chi connectivity index (χ0v) is 11.6. The van der Waals surface area contributed by atoms with Gasteiger partial charge in [-0.1, -0.05) is 29.3 Å².